The van der Waals surface area contributed by atoms with Crippen LogP contribution in [0.5, 0.6) is 5.75 Å². The summed E-state index contributed by atoms with van der Waals surface area (Å²) in [5, 5.41) is 1.00. The van der Waals surface area contributed by atoms with Gasteiger partial charge in [0.1, 0.15) is 11.4 Å². The van der Waals surface area contributed by atoms with Gasteiger partial charge < -0.3 is 9.47 Å². The largest absolute Gasteiger partial charge is 0.497 e. The molecule has 0 spiro atoms. The Hall–Kier alpha value is -3.64. The van der Waals surface area contributed by atoms with Crippen molar-refractivity contribution >= 4 is 17.0 Å². The van der Waals surface area contributed by atoms with Gasteiger partial charge in [-0.15, -0.1) is 0 Å². The fraction of sp³-hybridized carbons (Fsp3) is 0.355. The lowest BCUT2D eigenvalue weighted by Crippen LogP contribution is -2.26. The van der Waals surface area contributed by atoms with E-state index in [2.05, 4.69) is 35.0 Å². The minimum absolute atomic E-state index is 0.274. The molecule has 0 unspecified atom stereocenters. The average molecular weight is 498 g/mol. The SMILES string of the molecule is COc1ccc([C@@H](C)N2CCC[C@H]2c2cncc(-c3cn(C(=O)OC(C)(C)C)c4ccccc34)c2)cc1. The van der Waals surface area contributed by atoms with Crippen LogP contribution in [-0.4, -0.2) is 39.8 Å². The second kappa shape index (κ2) is 10.0. The zero-order chi connectivity index (χ0) is 26.2. The predicted molar refractivity (Wildman–Crippen MR) is 147 cm³/mol. The molecule has 1 aliphatic rings. The second-order valence-electron chi connectivity index (χ2n) is 10.8. The summed E-state index contributed by atoms with van der Waals surface area (Å²) >= 11 is 0. The summed E-state index contributed by atoms with van der Waals surface area (Å²) in [5.74, 6) is 0.872. The number of methoxy groups -OCH3 is 1. The van der Waals surface area contributed by atoms with Gasteiger partial charge in [-0.3, -0.25) is 14.5 Å². The number of rotatable bonds is 5. The molecule has 1 saturated heterocycles. The zero-order valence-electron chi connectivity index (χ0n) is 22.3. The van der Waals surface area contributed by atoms with Crippen LogP contribution in [-0.2, 0) is 4.74 Å². The Morgan fingerprint density at radius 3 is 2.57 bits per heavy atom. The maximum Gasteiger partial charge on any atom is 0.419 e. The van der Waals surface area contributed by atoms with Gasteiger partial charge in [0.05, 0.1) is 12.6 Å². The van der Waals surface area contributed by atoms with Gasteiger partial charge in [-0.1, -0.05) is 30.3 Å². The molecule has 1 aliphatic heterocycles. The molecule has 192 valence electrons. The van der Waals surface area contributed by atoms with Crippen molar-refractivity contribution in [3.63, 3.8) is 0 Å². The number of hydrogen-bond donors (Lipinski definition) is 0. The highest BCUT2D eigenvalue weighted by molar-refractivity contribution is 6.00. The molecule has 37 heavy (non-hydrogen) atoms. The van der Waals surface area contributed by atoms with Crippen LogP contribution >= 0.6 is 0 Å². The number of likely N-dealkylation sites (tertiary alicyclic amines) is 1. The number of hydrogen-bond acceptors (Lipinski definition) is 5. The monoisotopic (exact) mass is 497 g/mol. The van der Waals surface area contributed by atoms with Crippen LogP contribution in [0.3, 0.4) is 0 Å². The zero-order valence-corrected chi connectivity index (χ0v) is 22.3. The van der Waals surface area contributed by atoms with Gasteiger partial charge in [0, 0.05) is 47.2 Å². The Labute approximate surface area is 218 Å². The molecule has 0 amide bonds. The summed E-state index contributed by atoms with van der Waals surface area (Å²) in [6.07, 6.45) is 7.61. The second-order valence-corrected chi connectivity index (χ2v) is 10.8. The minimum atomic E-state index is -0.573. The molecule has 6 nitrogen and oxygen atoms in total. The van der Waals surface area contributed by atoms with E-state index in [0.717, 1.165) is 47.2 Å². The van der Waals surface area contributed by atoms with E-state index < -0.39 is 5.60 Å². The van der Waals surface area contributed by atoms with Gasteiger partial charge in [-0.2, -0.15) is 0 Å². The van der Waals surface area contributed by atoms with Gasteiger partial charge in [0.2, 0.25) is 0 Å². The number of para-hydroxylation sites is 1. The summed E-state index contributed by atoms with van der Waals surface area (Å²) < 4.78 is 12.6. The van der Waals surface area contributed by atoms with E-state index in [9.17, 15) is 4.79 Å². The molecule has 0 N–H and O–H groups in total. The smallest absolute Gasteiger partial charge is 0.419 e. The van der Waals surface area contributed by atoms with Crippen LogP contribution in [0.2, 0.25) is 0 Å². The summed E-state index contributed by atoms with van der Waals surface area (Å²) in [6.45, 7) is 8.95. The van der Waals surface area contributed by atoms with E-state index in [1.54, 1.807) is 11.7 Å². The normalized spacial score (nSPS) is 17.2. The highest BCUT2D eigenvalue weighted by Gasteiger charge is 2.31. The molecule has 6 heteroatoms. The van der Waals surface area contributed by atoms with Crippen molar-refractivity contribution in [3.05, 3.63) is 84.3 Å². The van der Waals surface area contributed by atoms with Crippen LogP contribution < -0.4 is 4.74 Å². The number of fused-ring (bicyclic) bond motifs is 1. The van der Waals surface area contributed by atoms with E-state index in [0.29, 0.717) is 0 Å². The fourth-order valence-electron chi connectivity index (χ4n) is 5.34. The maximum atomic E-state index is 13.0. The first-order chi connectivity index (χ1) is 17.7. The first kappa shape index (κ1) is 25.0. The number of carbonyl (C=O) groups is 1. The van der Waals surface area contributed by atoms with Crippen LogP contribution in [0.15, 0.2) is 73.2 Å². The first-order valence-electron chi connectivity index (χ1n) is 12.9. The van der Waals surface area contributed by atoms with Crippen LogP contribution in [0, 0.1) is 0 Å². The Bertz CT molecular complexity index is 1400. The van der Waals surface area contributed by atoms with E-state index in [-0.39, 0.29) is 18.2 Å². The molecule has 2 aromatic carbocycles. The predicted octanol–water partition coefficient (Wildman–Crippen LogP) is 7.39. The van der Waals surface area contributed by atoms with Crippen molar-refractivity contribution in [2.24, 2.45) is 0 Å². The molecular weight excluding hydrogens is 462 g/mol. The van der Waals surface area contributed by atoms with Gasteiger partial charge in [-0.05, 0) is 82.5 Å². The van der Waals surface area contributed by atoms with Crippen molar-refractivity contribution in [3.8, 4) is 16.9 Å². The van der Waals surface area contributed by atoms with Crippen molar-refractivity contribution in [2.45, 2.75) is 58.2 Å². The third-order valence-corrected chi connectivity index (χ3v) is 7.15. The molecule has 1 fully saturated rings. The topological polar surface area (TPSA) is 56.6 Å². The Morgan fingerprint density at radius 2 is 1.84 bits per heavy atom. The molecular formula is C31H35N3O3. The fourth-order valence-corrected chi connectivity index (χ4v) is 5.34. The molecule has 2 atom stereocenters. The maximum absolute atomic E-state index is 13.0. The standard InChI is InChI=1S/C31H35N3O3/c1-21(22-12-14-25(36-5)15-13-22)33-16-8-11-28(33)24-17-23(18-32-19-24)27-20-34(30(35)37-31(2,3)4)29-10-7-6-9-26(27)29/h6-7,9-10,12-15,17-21,28H,8,11,16H2,1-5H3/t21-,28+/m1/s1. The molecule has 0 radical (unpaired) electrons. The van der Waals surface area contributed by atoms with E-state index in [1.165, 1.54) is 11.1 Å². The molecule has 2 aromatic heterocycles. The molecule has 0 bridgehead atoms. The summed E-state index contributed by atoms with van der Waals surface area (Å²) in [7, 11) is 1.69. The molecule has 4 aromatic rings. The van der Waals surface area contributed by atoms with Crippen molar-refractivity contribution in [1.29, 1.82) is 0 Å². The number of ether oxygens (including phenoxy) is 2. The van der Waals surface area contributed by atoms with Crippen LogP contribution in [0.4, 0.5) is 4.79 Å². The number of aromatic nitrogens is 2. The van der Waals surface area contributed by atoms with Crippen LogP contribution in [0.1, 0.15) is 63.7 Å². The van der Waals surface area contributed by atoms with Crippen molar-refractivity contribution in [1.82, 2.24) is 14.5 Å². The van der Waals surface area contributed by atoms with E-state index in [1.807, 2.05) is 75.8 Å². The van der Waals surface area contributed by atoms with Crippen LogP contribution in [0.25, 0.3) is 22.0 Å². The summed E-state index contributed by atoms with van der Waals surface area (Å²) in [4.78, 5) is 20.2. The lowest BCUT2D eigenvalue weighted by molar-refractivity contribution is 0.0544. The van der Waals surface area contributed by atoms with Crippen molar-refractivity contribution < 1.29 is 14.3 Å². The number of benzene rings is 2. The summed E-state index contributed by atoms with van der Waals surface area (Å²) in [6, 6.07) is 19.1. The lowest BCUT2D eigenvalue weighted by atomic mass is 9.99. The Balaban J connectivity index is 1.48. The van der Waals surface area contributed by atoms with Crippen molar-refractivity contribution in [2.75, 3.05) is 13.7 Å². The lowest BCUT2D eigenvalue weighted by Gasteiger charge is -2.31. The average Bonchev–Trinajstić information content (AvgIpc) is 3.53. The number of carbonyl (C=O) groups excluding carboxylic acids is 1. The molecule has 3 heterocycles. The molecule has 5 rings (SSSR count). The first-order valence-corrected chi connectivity index (χ1v) is 12.9. The van der Waals surface area contributed by atoms with E-state index >= 15 is 0 Å². The molecule has 0 aliphatic carbocycles. The molecule has 0 saturated carbocycles. The highest BCUT2D eigenvalue weighted by Crippen LogP contribution is 2.40. The third-order valence-electron chi connectivity index (χ3n) is 7.15. The minimum Gasteiger partial charge on any atom is -0.497 e. The number of nitrogens with zero attached hydrogens (tertiary/aromatic N) is 3. The third kappa shape index (κ3) is 5.12. The summed E-state index contributed by atoms with van der Waals surface area (Å²) in [5.41, 5.74) is 4.70. The highest BCUT2D eigenvalue weighted by atomic mass is 16.6. The van der Waals surface area contributed by atoms with Gasteiger partial charge in [0.25, 0.3) is 0 Å². The quantitative estimate of drug-likeness (QED) is 0.288. The number of pyridine rings is 1. The van der Waals surface area contributed by atoms with Gasteiger partial charge in [0.15, 0.2) is 0 Å². The Morgan fingerprint density at radius 1 is 1.08 bits per heavy atom. The van der Waals surface area contributed by atoms with E-state index in [4.69, 9.17) is 9.47 Å². The van der Waals surface area contributed by atoms with Gasteiger partial charge >= 0.3 is 6.09 Å². The Kier molecular flexibility index (Phi) is 6.78. The van der Waals surface area contributed by atoms with Gasteiger partial charge in [-0.25, -0.2) is 4.79 Å².